The number of imide groups is 1. The van der Waals surface area contributed by atoms with Crippen molar-refractivity contribution in [2.24, 2.45) is 5.73 Å². The maximum atomic E-state index is 12.3. The molecule has 3 amide bonds. The number of carbonyl (C=O) groups is 3. The summed E-state index contributed by atoms with van der Waals surface area (Å²) in [5, 5.41) is 2.90. The summed E-state index contributed by atoms with van der Waals surface area (Å²) >= 11 is 0. The Labute approximate surface area is 135 Å². The molecule has 1 saturated carbocycles. The minimum Gasteiger partial charge on any atom is -0.352 e. The molecule has 1 aliphatic heterocycles. The van der Waals surface area contributed by atoms with Crippen LogP contribution in [0.5, 0.6) is 0 Å². The maximum Gasteiger partial charge on any atom is 0.262 e. The van der Waals surface area contributed by atoms with Crippen LogP contribution in [0, 0.1) is 6.92 Å². The van der Waals surface area contributed by atoms with E-state index in [4.69, 9.17) is 5.73 Å². The third-order valence-corrected chi connectivity index (χ3v) is 4.56. The second-order valence-corrected chi connectivity index (χ2v) is 6.42. The van der Waals surface area contributed by atoms with Crippen molar-refractivity contribution in [2.75, 3.05) is 6.54 Å². The van der Waals surface area contributed by atoms with E-state index < -0.39 is 11.8 Å². The van der Waals surface area contributed by atoms with Gasteiger partial charge in [-0.2, -0.15) is 0 Å². The van der Waals surface area contributed by atoms with E-state index in [0.717, 1.165) is 36.1 Å². The van der Waals surface area contributed by atoms with Gasteiger partial charge in [0.1, 0.15) is 6.54 Å². The third-order valence-electron chi connectivity index (χ3n) is 4.56. The number of carbonyl (C=O) groups excluding carboxylic acids is 3. The largest absolute Gasteiger partial charge is 0.352 e. The number of hydrogen-bond donors (Lipinski definition) is 2. The lowest BCUT2D eigenvalue weighted by Crippen LogP contribution is -2.46. The van der Waals surface area contributed by atoms with Crippen LogP contribution in [-0.2, 0) is 4.79 Å². The minimum absolute atomic E-state index is 0.0831. The lowest BCUT2D eigenvalue weighted by atomic mass is 9.92. The lowest BCUT2D eigenvalue weighted by molar-refractivity contribution is -0.122. The Bertz CT molecular complexity index is 663. The Morgan fingerprint density at radius 2 is 1.83 bits per heavy atom. The molecule has 3 N–H and O–H groups in total. The van der Waals surface area contributed by atoms with Crippen LogP contribution in [0.15, 0.2) is 18.2 Å². The van der Waals surface area contributed by atoms with Crippen molar-refractivity contribution in [3.63, 3.8) is 0 Å². The zero-order valence-corrected chi connectivity index (χ0v) is 13.2. The molecule has 1 aliphatic carbocycles. The number of fused-ring (bicyclic) bond motifs is 1. The highest BCUT2D eigenvalue weighted by Gasteiger charge is 2.36. The molecule has 1 fully saturated rings. The smallest absolute Gasteiger partial charge is 0.262 e. The van der Waals surface area contributed by atoms with Crippen LogP contribution in [0.25, 0.3) is 0 Å². The molecular formula is C17H21N3O3. The molecule has 122 valence electrons. The first kappa shape index (κ1) is 15.7. The summed E-state index contributed by atoms with van der Waals surface area (Å²) in [6.45, 7) is 1.63. The highest BCUT2D eigenvalue weighted by molar-refractivity contribution is 6.22. The number of hydrogen-bond acceptors (Lipinski definition) is 4. The van der Waals surface area contributed by atoms with E-state index in [1.54, 1.807) is 18.2 Å². The first-order chi connectivity index (χ1) is 11.0. The van der Waals surface area contributed by atoms with Gasteiger partial charge in [0.15, 0.2) is 0 Å². The first-order valence-electron chi connectivity index (χ1n) is 7.97. The van der Waals surface area contributed by atoms with Crippen LogP contribution < -0.4 is 11.1 Å². The summed E-state index contributed by atoms with van der Waals surface area (Å²) in [6.07, 6.45) is 3.46. The normalized spacial score (nSPS) is 23.8. The topological polar surface area (TPSA) is 92.5 Å². The van der Waals surface area contributed by atoms with Crippen LogP contribution in [0.3, 0.4) is 0 Å². The van der Waals surface area contributed by atoms with Crippen LogP contribution >= 0.6 is 0 Å². The van der Waals surface area contributed by atoms with E-state index in [2.05, 4.69) is 5.32 Å². The molecule has 0 unspecified atom stereocenters. The van der Waals surface area contributed by atoms with Crippen molar-refractivity contribution in [3.8, 4) is 0 Å². The van der Waals surface area contributed by atoms with E-state index >= 15 is 0 Å². The molecular weight excluding hydrogens is 294 g/mol. The summed E-state index contributed by atoms with van der Waals surface area (Å²) in [5.74, 6) is -1.09. The quantitative estimate of drug-likeness (QED) is 0.813. The highest BCUT2D eigenvalue weighted by Crippen LogP contribution is 2.23. The van der Waals surface area contributed by atoms with Gasteiger partial charge in [0.05, 0.1) is 11.1 Å². The molecule has 0 bridgehead atoms. The van der Waals surface area contributed by atoms with Crippen molar-refractivity contribution >= 4 is 17.7 Å². The molecule has 0 radical (unpaired) electrons. The number of nitrogens with one attached hydrogen (secondary N) is 1. The van der Waals surface area contributed by atoms with E-state index in [0.29, 0.717) is 11.1 Å². The Balaban J connectivity index is 1.63. The first-order valence-corrected chi connectivity index (χ1v) is 7.97. The monoisotopic (exact) mass is 315 g/mol. The minimum atomic E-state index is -0.397. The fourth-order valence-electron chi connectivity index (χ4n) is 3.23. The lowest BCUT2D eigenvalue weighted by Gasteiger charge is -2.27. The van der Waals surface area contributed by atoms with Crippen molar-refractivity contribution < 1.29 is 14.4 Å². The molecule has 0 atom stereocenters. The summed E-state index contributed by atoms with van der Waals surface area (Å²) in [4.78, 5) is 37.8. The van der Waals surface area contributed by atoms with Gasteiger partial charge in [0, 0.05) is 12.1 Å². The summed E-state index contributed by atoms with van der Waals surface area (Å²) in [6, 6.07) is 5.42. The SMILES string of the molecule is Cc1ccc2c(c1)C(=O)N(CC(=O)NC1CCC(N)CC1)C2=O. The van der Waals surface area contributed by atoms with E-state index in [9.17, 15) is 14.4 Å². The van der Waals surface area contributed by atoms with Crippen molar-refractivity contribution in [2.45, 2.75) is 44.7 Å². The molecule has 0 aromatic heterocycles. The van der Waals surface area contributed by atoms with Crippen LogP contribution in [0.1, 0.15) is 52.0 Å². The third kappa shape index (κ3) is 3.12. The molecule has 6 nitrogen and oxygen atoms in total. The van der Waals surface area contributed by atoms with Gasteiger partial charge in [-0.1, -0.05) is 11.6 Å². The van der Waals surface area contributed by atoms with E-state index in [1.807, 2.05) is 6.92 Å². The second kappa shape index (κ2) is 6.12. The molecule has 3 rings (SSSR count). The molecule has 0 spiro atoms. The summed E-state index contributed by atoms with van der Waals surface area (Å²) in [5.41, 5.74) is 7.51. The predicted octanol–water partition coefficient (Wildman–Crippen LogP) is 0.977. The van der Waals surface area contributed by atoms with E-state index in [-0.39, 0.29) is 24.5 Å². The average molecular weight is 315 g/mol. The van der Waals surface area contributed by atoms with Gasteiger partial charge in [-0.05, 0) is 44.7 Å². The standard InChI is InChI=1S/C17H21N3O3/c1-10-2-7-13-14(8-10)17(23)20(16(13)22)9-15(21)19-12-5-3-11(18)4-6-12/h2,7-8,11-12H,3-6,9,18H2,1H3,(H,19,21). The zero-order chi connectivity index (χ0) is 16.6. The Morgan fingerprint density at radius 1 is 1.17 bits per heavy atom. The van der Waals surface area contributed by atoms with Crippen LogP contribution in [-0.4, -0.2) is 41.2 Å². The van der Waals surface area contributed by atoms with Gasteiger partial charge in [0.2, 0.25) is 5.91 Å². The van der Waals surface area contributed by atoms with Gasteiger partial charge < -0.3 is 11.1 Å². The number of nitrogens with zero attached hydrogens (tertiary/aromatic N) is 1. The van der Waals surface area contributed by atoms with Gasteiger partial charge >= 0.3 is 0 Å². The maximum absolute atomic E-state index is 12.3. The number of aryl methyl sites for hydroxylation is 1. The molecule has 1 heterocycles. The molecule has 0 saturated heterocycles. The predicted molar refractivity (Wildman–Crippen MR) is 84.9 cm³/mol. The molecule has 2 aliphatic rings. The molecule has 1 aromatic carbocycles. The van der Waals surface area contributed by atoms with Gasteiger partial charge in [0.25, 0.3) is 11.8 Å². The fraction of sp³-hybridized carbons (Fsp3) is 0.471. The molecule has 1 aromatic rings. The number of amides is 3. The number of benzene rings is 1. The Kier molecular flexibility index (Phi) is 4.17. The van der Waals surface area contributed by atoms with Gasteiger partial charge in [-0.15, -0.1) is 0 Å². The number of nitrogens with two attached hydrogens (primary N) is 1. The summed E-state index contributed by atoms with van der Waals surface area (Å²) in [7, 11) is 0. The van der Waals surface area contributed by atoms with Gasteiger partial charge in [-0.25, -0.2) is 0 Å². The van der Waals surface area contributed by atoms with Gasteiger partial charge in [-0.3, -0.25) is 19.3 Å². The van der Waals surface area contributed by atoms with Crippen molar-refractivity contribution in [1.82, 2.24) is 10.2 Å². The van der Waals surface area contributed by atoms with Crippen molar-refractivity contribution in [3.05, 3.63) is 34.9 Å². The Hall–Kier alpha value is -2.21. The second-order valence-electron chi connectivity index (χ2n) is 6.42. The van der Waals surface area contributed by atoms with E-state index in [1.165, 1.54) is 0 Å². The van der Waals surface area contributed by atoms with Crippen LogP contribution in [0.4, 0.5) is 0 Å². The van der Waals surface area contributed by atoms with Crippen molar-refractivity contribution in [1.29, 1.82) is 0 Å². The Morgan fingerprint density at radius 3 is 2.52 bits per heavy atom. The highest BCUT2D eigenvalue weighted by atomic mass is 16.2. The molecule has 6 heteroatoms. The molecule has 23 heavy (non-hydrogen) atoms. The zero-order valence-electron chi connectivity index (χ0n) is 13.2. The number of rotatable bonds is 3. The average Bonchev–Trinajstić information content (AvgIpc) is 2.74. The summed E-state index contributed by atoms with van der Waals surface area (Å²) < 4.78 is 0. The van der Waals surface area contributed by atoms with Crippen LogP contribution in [0.2, 0.25) is 0 Å². The fourth-order valence-corrected chi connectivity index (χ4v) is 3.23.